The highest BCUT2D eigenvalue weighted by atomic mass is 32.2. The van der Waals surface area contributed by atoms with Crippen LogP contribution in [0.4, 0.5) is 0 Å². The summed E-state index contributed by atoms with van der Waals surface area (Å²) in [5, 5.41) is 8.71. The van der Waals surface area contributed by atoms with Gasteiger partial charge < -0.3 is 5.11 Å². The highest BCUT2D eigenvalue weighted by Gasteiger charge is 2.28. The van der Waals surface area contributed by atoms with E-state index in [1.54, 1.807) is 0 Å². The van der Waals surface area contributed by atoms with Gasteiger partial charge in [-0.25, -0.2) is 12.7 Å². The summed E-state index contributed by atoms with van der Waals surface area (Å²) in [5.41, 5.74) is 0. The third-order valence-corrected chi connectivity index (χ3v) is 4.88. The number of hydrogen-bond acceptors (Lipinski definition) is 3. The van der Waals surface area contributed by atoms with Crippen LogP contribution in [0.3, 0.4) is 0 Å². The minimum atomic E-state index is -3.12. The summed E-state index contributed by atoms with van der Waals surface area (Å²) < 4.78 is 24.8. The summed E-state index contributed by atoms with van der Waals surface area (Å²) in [4.78, 5) is 10.6. The standard InChI is InChI=1S/C10H19NO4S/c1-2-9(7-10(12)13)8-11-5-3-4-6-16(11,14)15/h9H,2-8H2,1H3,(H,12,13). The van der Waals surface area contributed by atoms with Gasteiger partial charge in [0.2, 0.25) is 10.0 Å². The first-order chi connectivity index (χ1) is 7.45. The Labute approximate surface area is 96.5 Å². The summed E-state index contributed by atoms with van der Waals surface area (Å²) in [5.74, 6) is -0.733. The molecule has 0 aromatic rings. The van der Waals surface area contributed by atoms with Gasteiger partial charge in [-0.1, -0.05) is 13.3 Å². The summed E-state index contributed by atoms with van der Waals surface area (Å²) in [6, 6.07) is 0. The predicted octanol–water partition coefficient (Wildman–Crippen LogP) is 0.913. The highest BCUT2D eigenvalue weighted by molar-refractivity contribution is 7.89. The maximum Gasteiger partial charge on any atom is 0.303 e. The van der Waals surface area contributed by atoms with Gasteiger partial charge in [0.25, 0.3) is 0 Å². The molecule has 1 atom stereocenters. The molecule has 1 aliphatic heterocycles. The van der Waals surface area contributed by atoms with Crippen molar-refractivity contribution in [2.75, 3.05) is 18.8 Å². The minimum absolute atomic E-state index is 0.0442. The second-order valence-electron chi connectivity index (χ2n) is 4.25. The van der Waals surface area contributed by atoms with Crippen molar-refractivity contribution in [3.63, 3.8) is 0 Å². The lowest BCUT2D eigenvalue weighted by Crippen LogP contribution is -2.41. The van der Waals surface area contributed by atoms with Crippen LogP contribution in [0, 0.1) is 5.92 Å². The fourth-order valence-electron chi connectivity index (χ4n) is 1.92. The molecule has 0 aromatic heterocycles. The molecule has 0 spiro atoms. The molecule has 0 saturated carbocycles. The molecular formula is C10H19NO4S. The van der Waals surface area contributed by atoms with Crippen molar-refractivity contribution in [3.05, 3.63) is 0 Å². The Morgan fingerprint density at radius 1 is 1.44 bits per heavy atom. The molecule has 1 heterocycles. The van der Waals surface area contributed by atoms with E-state index in [0.717, 1.165) is 6.42 Å². The first-order valence-corrected chi connectivity index (χ1v) is 7.26. The fraction of sp³-hybridized carbons (Fsp3) is 0.900. The van der Waals surface area contributed by atoms with E-state index in [9.17, 15) is 13.2 Å². The molecule has 6 heteroatoms. The Bertz CT molecular complexity index is 339. The van der Waals surface area contributed by atoms with Gasteiger partial charge in [-0.3, -0.25) is 4.79 Å². The molecular weight excluding hydrogens is 230 g/mol. The van der Waals surface area contributed by atoms with Gasteiger partial charge in [0.15, 0.2) is 0 Å². The molecule has 1 fully saturated rings. The van der Waals surface area contributed by atoms with E-state index in [4.69, 9.17) is 5.11 Å². The Morgan fingerprint density at radius 2 is 2.12 bits per heavy atom. The largest absolute Gasteiger partial charge is 0.481 e. The van der Waals surface area contributed by atoms with Gasteiger partial charge in [-0.2, -0.15) is 0 Å². The molecule has 5 nitrogen and oxygen atoms in total. The summed E-state index contributed by atoms with van der Waals surface area (Å²) >= 11 is 0. The van der Waals surface area contributed by atoms with Crippen LogP contribution < -0.4 is 0 Å². The maximum atomic E-state index is 11.7. The van der Waals surface area contributed by atoms with E-state index in [1.165, 1.54) is 4.31 Å². The molecule has 1 saturated heterocycles. The smallest absolute Gasteiger partial charge is 0.303 e. The highest BCUT2D eigenvalue weighted by Crippen LogP contribution is 2.18. The monoisotopic (exact) mass is 249 g/mol. The molecule has 0 aliphatic carbocycles. The van der Waals surface area contributed by atoms with E-state index < -0.39 is 16.0 Å². The predicted molar refractivity (Wildman–Crippen MR) is 60.6 cm³/mol. The molecule has 0 amide bonds. The van der Waals surface area contributed by atoms with Crippen LogP contribution in [0.2, 0.25) is 0 Å². The first-order valence-electron chi connectivity index (χ1n) is 5.65. The number of nitrogens with zero attached hydrogens (tertiary/aromatic N) is 1. The van der Waals surface area contributed by atoms with Crippen molar-refractivity contribution < 1.29 is 18.3 Å². The lowest BCUT2D eigenvalue weighted by Gasteiger charge is -2.29. The maximum absolute atomic E-state index is 11.7. The van der Waals surface area contributed by atoms with Gasteiger partial charge in [0.05, 0.1) is 5.75 Å². The third kappa shape index (κ3) is 3.75. The van der Waals surface area contributed by atoms with Crippen molar-refractivity contribution in [2.24, 2.45) is 5.92 Å². The molecule has 0 aromatic carbocycles. The first kappa shape index (κ1) is 13.4. The fourth-order valence-corrected chi connectivity index (χ4v) is 3.59. The van der Waals surface area contributed by atoms with E-state index in [2.05, 4.69) is 0 Å². The van der Waals surface area contributed by atoms with Crippen molar-refractivity contribution in [2.45, 2.75) is 32.6 Å². The topological polar surface area (TPSA) is 74.7 Å². The molecule has 1 rings (SSSR count). The van der Waals surface area contributed by atoms with Gasteiger partial charge in [-0.05, 0) is 18.8 Å². The lowest BCUT2D eigenvalue weighted by atomic mass is 10.0. The van der Waals surface area contributed by atoms with Crippen LogP contribution in [0.1, 0.15) is 32.6 Å². The number of sulfonamides is 1. The van der Waals surface area contributed by atoms with Crippen molar-refractivity contribution >= 4 is 16.0 Å². The second-order valence-corrected chi connectivity index (χ2v) is 6.34. The van der Waals surface area contributed by atoms with Crippen LogP contribution in [0.15, 0.2) is 0 Å². The average molecular weight is 249 g/mol. The van der Waals surface area contributed by atoms with Crippen LogP contribution in [0.5, 0.6) is 0 Å². The Morgan fingerprint density at radius 3 is 2.62 bits per heavy atom. The van der Waals surface area contributed by atoms with Gasteiger partial charge in [-0.15, -0.1) is 0 Å². The number of carboxylic acid groups (broad SMARTS) is 1. The quantitative estimate of drug-likeness (QED) is 0.786. The van der Waals surface area contributed by atoms with E-state index in [0.29, 0.717) is 25.9 Å². The third-order valence-electron chi connectivity index (χ3n) is 2.96. The van der Waals surface area contributed by atoms with E-state index >= 15 is 0 Å². The zero-order chi connectivity index (χ0) is 12.2. The lowest BCUT2D eigenvalue weighted by molar-refractivity contribution is -0.138. The molecule has 16 heavy (non-hydrogen) atoms. The summed E-state index contributed by atoms with van der Waals surface area (Å²) in [6.07, 6.45) is 2.33. The Kier molecular flexibility index (Phi) is 4.73. The van der Waals surface area contributed by atoms with Crippen molar-refractivity contribution in [1.82, 2.24) is 4.31 Å². The van der Waals surface area contributed by atoms with Gasteiger partial charge >= 0.3 is 5.97 Å². The van der Waals surface area contributed by atoms with Crippen LogP contribution in [0.25, 0.3) is 0 Å². The molecule has 0 radical (unpaired) electrons. The second kappa shape index (κ2) is 5.63. The molecule has 0 bridgehead atoms. The summed E-state index contributed by atoms with van der Waals surface area (Å²) in [6.45, 7) is 2.79. The van der Waals surface area contributed by atoms with Crippen LogP contribution in [-0.4, -0.2) is 42.6 Å². The number of hydrogen-bond donors (Lipinski definition) is 1. The number of carbonyl (C=O) groups is 1. The Hall–Kier alpha value is -0.620. The van der Waals surface area contributed by atoms with E-state index in [-0.39, 0.29) is 18.1 Å². The number of carboxylic acids is 1. The zero-order valence-electron chi connectivity index (χ0n) is 9.55. The van der Waals surface area contributed by atoms with Gasteiger partial charge in [0, 0.05) is 19.5 Å². The Balaban J connectivity index is 2.59. The van der Waals surface area contributed by atoms with Crippen LogP contribution in [-0.2, 0) is 14.8 Å². The minimum Gasteiger partial charge on any atom is -0.481 e. The van der Waals surface area contributed by atoms with Crippen LogP contribution >= 0.6 is 0 Å². The van der Waals surface area contributed by atoms with Crippen molar-refractivity contribution in [1.29, 1.82) is 0 Å². The number of aliphatic carboxylic acids is 1. The van der Waals surface area contributed by atoms with E-state index in [1.807, 2.05) is 6.92 Å². The normalized spacial score (nSPS) is 22.8. The SMILES string of the molecule is CCC(CC(=O)O)CN1CCCCS1(=O)=O. The molecule has 94 valence electrons. The van der Waals surface area contributed by atoms with Gasteiger partial charge in [0.1, 0.15) is 0 Å². The molecule has 1 N–H and O–H groups in total. The summed E-state index contributed by atoms with van der Waals surface area (Å²) in [7, 11) is -3.12. The zero-order valence-corrected chi connectivity index (χ0v) is 10.4. The number of rotatable bonds is 5. The average Bonchev–Trinajstić information content (AvgIpc) is 2.19. The molecule has 1 aliphatic rings. The van der Waals surface area contributed by atoms with Crippen molar-refractivity contribution in [3.8, 4) is 0 Å². The molecule has 1 unspecified atom stereocenters.